The number of halogens is 2. The van der Waals surface area contributed by atoms with Gasteiger partial charge in [-0.15, -0.1) is 0 Å². The molecule has 2 aromatic rings. The van der Waals surface area contributed by atoms with E-state index < -0.39 is 29.2 Å². The van der Waals surface area contributed by atoms with Crippen LogP contribution in [0.25, 0.3) is 0 Å². The molecule has 0 saturated heterocycles. The summed E-state index contributed by atoms with van der Waals surface area (Å²) >= 11 is 0.0619. The number of nitrogens with zero attached hydrogens (tertiary/aromatic N) is 3. The highest BCUT2D eigenvalue weighted by atomic mass is 32.2. The molecule has 0 aliphatic carbocycles. The van der Waals surface area contributed by atoms with Gasteiger partial charge in [0.2, 0.25) is 0 Å². The van der Waals surface area contributed by atoms with E-state index in [0.717, 1.165) is 18.2 Å². The minimum Gasteiger partial charge on any atom is -0.452 e. The second-order valence-corrected chi connectivity index (χ2v) is 5.94. The van der Waals surface area contributed by atoms with Crippen LogP contribution >= 0.6 is 11.8 Å². The molecule has 1 aromatic carbocycles. The second-order valence-electron chi connectivity index (χ2n) is 4.96. The van der Waals surface area contributed by atoms with Gasteiger partial charge in [0.1, 0.15) is 11.1 Å². The molecule has 0 unspecified atom stereocenters. The summed E-state index contributed by atoms with van der Waals surface area (Å²) in [5, 5.41) is 21.8. The van der Waals surface area contributed by atoms with Crippen LogP contribution in [-0.4, -0.2) is 34.1 Å². The summed E-state index contributed by atoms with van der Waals surface area (Å²) in [6.07, 6.45) is 1.23. The average molecular weight is 408 g/mol. The standard InChI is InChI=1S/C16H10F2N4O5S/c17-16(18)28-14-11(2-1-5-20-14)15(24)27-8-13(23)21-12-4-3-10(22(25)26)6-9(12)7-19/h1-6,16H,8H2,(H,21,23). The molecule has 0 atom stereocenters. The number of nitro groups is 1. The number of nitriles is 1. The molecule has 9 nitrogen and oxygen atoms in total. The van der Waals surface area contributed by atoms with Gasteiger partial charge in [0.05, 0.1) is 21.7 Å². The van der Waals surface area contributed by atoms with Crippen molar-refractivity contribution in [3.63, 3.8) is 0 Å². The van der Waals surface area contributed by atoms with Gasteiger partial charge in [0.25, 0.3) is 17.4 Å². The Morgan fingerprint density at radius 2 is 2.14 bits per heavy atom. The van der Waals surface area contributed by atoms with Crippen LogP contribution in [0.5, 0.6) is 0 Å². The van der Waals surface area contributed by atoms with Crippen molar-refractivity contribution >= 4 is 35.0 Å². The van der Waals surface area contributed by atoms with Crippen molar-refractivity contribution < 1.29 is 28.0 Å². The van der Waals surface area contributed by atoms with Crippen LogP contribution < -0.4 is 5.32 Å². The first-order chi connectivity index (χ1) is 13.3. The van der Waals surface area contributed by atoms with Gasteiger partial charge in [-0.2, -0.15) is 14.0 Å². The van der Waals surface area contributed by atoms with Crippen LogP contribution in [0.15, 0.2) is 41.6 Å². The third kappa shape index (κ3) is 5.45. The van der Waals surface area contributed by atoms with Crippen molar-refractivity contribution in [3.05, 3.63) is 57.8 Å². The maximum atomic E-state index is 12.5. The Balaban J connectivity index is 2.03. The number of carbonyl (C=O) groups is 2. The molecule has 144 valence electrons. The van der Waals surface area contributed by atoms with Gasteiger partial charge in [0, 0.05) is 18.3 Å². The van der Waals surface area contributed by atoms with E-state index >= 15 is 0 Å². The van der Waals surface area contributed by atoms with E-state index in [1.807, 2.05) is 0 Å². The van der Waals surface area contributed by atoms with E-state index in [1.165, 1.54) is 18.3 Å². The van der Waals surface area contributed by atoms with E-state index in [2.05, 4.69) is 10.3 Å². The van der Waals surface area contributed by atoms with Crippen LogP contribution in [-0.2, 0) is 9.53 Å². The molecule has 28 heavy (non-hydrogen) atoms. The van der Waals surface area contributed by atoms with Gasteiger partial charge in [0.15, 0.2) is 6.61 Å². The zero-order valence-corrected chi connectivity index (χ0v) is 14.6. The number of amides is 1. The zero-order chi connectivity index (χ0) is 20.7. The Kier molecular flexibility index (Phi) is 6.94. The van der Waals surface area contributed by atoms with E-state index in [4.69, 9.17) is 10.00 Å². The molecule has 2 rings (SSSR count). The largest absolute Gasteiger partial charge is 0.452 e. The van der Waals surface area contributed by atoms with Crippen LogP contribution in [0.1, 0.15) is 15.9 Å². The molecule has 1 N–H and O–H groups in total. The number of nitrogens with one attached hydrogen (secondary N) is 1. The van der Waals surface area contributed by atoms with Crippen LogP contribution in [0.2, 0.25) is 0 Å². The molecular formula is C16H10F2N4O5S. The number of nitro benzene ring substituents is 1. The number of aromatic nitrogens is 1. The minimum atomic E-state index is -2.80. The summed E-state index contributed by atoms with van der Waals surface area (Å²) in [5.74, 6) is -4.66. The van der Waals surface area contributed by atoms with Crippen molar-refractivity contribution in [2.75, 3.05) is 11.9 Å². The first kappa shape index (κ1) is 20.7. The van der Waals surface area contributed by atoms with Crippen molar-refractivity contribution in [1.29, 1.82) is 5.26 Å². The SMILES string of the molecule is N#Cc1cc([N+](=O)[O-])ccc1NC(=O)COC(=O)c1cccnc1SC(F)F. The summed E-state index contributed by atoms with van der Waals surface area (Å²) in [4.78, 5) is 37.6. The number of non-ortho nitro benzene ring substituents is 1. The molecule has 0 radical (unpaired) electrons. The summed E-state index contributed by atoms with van der Waals surface area (Å²) in [6.45, 7) is -0.769. The molecule has 0 bridgehead atoms. The Morgan fingerprint density at radius 1 is 1.39 bits per heavy atom. The summed E-state index contributed by atoms with van der Waals surface area (Å²) in [6, 6.07) is 7.51. The van der Waals surface area contributed by atoms with Crippen molar-refractivity contribution in [2.45, 2.75) is 10.8 Å². The number of esters is 1. The van der Waals surface area contributed by atoms with E-state index in [9.17, 15) is 28.5 Å². The van der Waals surface area contributed by atoms with Crippen molar-refractivity contribution in [2.24, 2.45) is 0 Å². The lowest BCUT2D eigenvalue weighted by Crippen LogP contribution is -2.21. The lowest BCUT2D eigenvalue weighted by atomic mass is 10.1. The van der Waals surface area contributed by atoms with E-state index in [0.29, 0.717) is 0 Å². The normalized spacial score (nSPS) is 10.2. The molecular weight excluding hydrogens is 398 g/mol. The molecule has 1 amide bonds. The first-order valence-electron chi connectivity index (χ1n) is 7.37. The van der Waals surface area contributed by atoms with Gasteiger partial charge in [-0.1, -0.05) is 0 Å². The molecule has 12 heteroatoms. The topological polar surface area (TPSA) is 135 Å². The van der Waals surface area contributed by atoms with E-state index in [-0.39, 0.29) is 39.3 Å². The molecule has 0 spiro atoms. The number of rotatable bonds is 7. The van der Waals surface area contributed by atoms with Crippen LogP contribution in [0.4, 0.5) is 20.2 Å². The summed E-state index contributed by atoms with van der Waals surface area (Å²) in [7, 11) is 0. The zero-order valence-electron chi connectivity index (χ0n) is 13.8. The van der Waals surface area contributed by atoms with Crippen molar-refractivity contribution in [1.82, 2.24) is 4.98 Å². The third-order valence-electron chi connectivity index (χ3n) is 3.13. The first-order valence-corrected chi connectivity index (χ1v) is 8.25. The second kappa shape index (κ2) is 9.38. The highest BCUT2D eigenvalue weighted by molar-refractivity contribution is 7.99. The van der Waals surface area contributed by atoms with Crippen LogP contribution in [0.3, 0.4) is 0 Å². The summed E-state index contributed by atoms with van der Waals surface area (Å²) < 4.78 is 29.8. The number of alkyl halides is 2. The highest BCUT2D eigenvalue weighted by Gasteiger charge is 2.19. The molecule has 0 aliphatic rings. The van der Waals surface area contributed by atoms with Crippen LogP contribution in [0, 0.1) is 21.4 Å². The minimum absolute atomic E-state index is 0.00975. The van der Waals surface area contributed by atoms with E-state index in [1.54, 1.807) is 6.07 Å². The lowest BCUT2D eigenvalue weighted by molar-refractivity contribution is -0.384. The highest BCUT2D eigenvalue weighted by Crippen LogP contribution is 2.26. The fourth-order valence-electron chi connectivity index (χ4n) is 1.97. The number of hydrogen-bond donors (Lipinski definition) is 1. The number of carbonyl (C=O) groups excluding carboxylic acids is 2. The number of thioether (sulfide) groups is 1. The molecule has 0 aliphatic heterocycles. The number of anilines is 1. The number of benzene rings is 1. The van der Waals surface area contributed by atoms with Gasteiger partial charge in [-0.25, -0.2) is 9.78 Å². The number of ether oxygens (including phenoxy) is 1. The van der Waals surface area contributed by atoms with Gasteiger partial charge < -0.3 is 10.1 Å². The molecule has 1 aromatic heterocycles. The Hall–Kier alpha value is -3.59. The molecule has 1 heterocycles. The smallest absolute Gasteiger partial charge is 0.341 e. The molecule has 0 fully saturated rings. The Morgan fingerprint density at radius 3 is 2.79 bits per heavy atom. The van der Waals surface area contributed by atoms with Gasteiger partial charge in [-0.05, 0) is 30.0 Å². The monoisotopic (exact) mass is 408 g/mol. The summed E-state index contributed by atoms with van der Waals surface area (Å²) in [5.41, 5.74) is -0.725. The predicted molar refractivity (Wildman–Crippen MR) is 92.8 cm³/mol. The third-order valence-corrected chi connectivity index (χ3v) is 3.86. The quantitative estimate of drug-likeness (QED) is 0.320. The predicted octanol–water partition coefficient (Wildman–Crippen LogP) is 2.97. The van der Waals surface area contributed by atoms with Gasteiger partial charge in [-0.3, -0.25) is 14.9 Å². The average Bonchev–Trinajstić information content (AvgIpc) is 2.66. The number of hydrogen-bond acceptors (Lipinski definition) is 8. The fraction of sp³-hybridized carbons (Fsp3) is 0.125. The molecule has 0 saturated carbocycles. The van der Waals surface area contributed by atoms with Gasteiger partial charge >= 0.3 is 5.97 Å². The Bertz CT molecular complexity index is 964. The van der Waals surface area contributed by atoms with Crippen molar-refractivity contribution in [3.8, 4) is 6.07 Å². The lowest BCUT2D eigenvalue weighted by Gasteiger charge is -2.09. The maximum absolute atomic E-state index is 12.5. The Labute approximate surface area is 160 Å². The maximum Gasteiger partial charge on any atom is 0.341 e. The fourth-order valence-corrected chi connectivity index (χ4v) is 2.54. The number of pyridine rings is 1.